The number of carbonyl (C=O) groups is 3. The zero-order chi connectivity index (χ0) is 21.4. The smallest absolute Gasteiger partial charge is 0.255 e. The molecular weight excluding hydrogens is 388 g/mol. The third-order valence-electron chi connectivity index (χ3n) is 7.88. The van der Waals surface area contributed by atoms with Gasteiger partial charge >= 0.3 is 0 Å². The van der Waals surface area contributed by atoms with Crippen LogP contribution in [0.3, 0.4) is 0 Å². The van der Waals surface area contributed by atoms with E-state index in [4.69, 9.17) is 0 Å². The van der Waals surface area contributed by atoms with Gasteiger partial charge in [-0.15, -0.1) is 0 Å². The van der Waals surface area contributed by atoms with Crippen LogP contribution in [0.5, 0.6) is 0 Å². The quantitative estimate of drug-likeness (QED) is 0.609. The van der Waals surface area contributed by atoms with Crippen LogP contribution in [-0.4, -0.2) is 17.7 Å². The van der Waals surface area contributed by atoms with E-state index < -0.39 is 0 Å². The van der Waals surface area contributed by atoms with Gasteiger partial charge in [0.05, 0.1) is 17.5 Å². The molecule has 5 nitrogen and oxygen atoms in total. The SMILES string of the molecule is Cc1cccc(NC(=O)c2cccc(N3C(=O)[C@@H]4[C@H]5C=C[C@@H]([C@@H]6C[C@H]56)[C@@H]4C3=O)c2)c1C. The van der Waals surface area contributed by atoms with Crippen molar-refractivity contribution in [3.8, 4) is 0 Å². The summed E-state index contributed by atoms with van der Waals surface area (Å²) in [5.74, 6) is 0.589. The van der Waals surface area contributed by atoms with Gasteiger partial charge in [-0.3, -0.25) is 14.4 Å². The van der Waals surface area contributed by atoms with Gasteiger partial charge in [0, 0.05) is 11.3 Å². The molecule has 5 heteroatoms. The van der Waals surface area contributed by atoms with Gasteiger partial charge in [-0.2, -0.15) is 0 Å². The first-order valence-corrected chi connectivity index (χ1v) is 11.0. The van der Waals surface area contributed by atoms with Crippen LogP contribution < -0.4 is 10.2 Å². The Bertz CT molecular complexity index is 1150. The Balaban J connectivity index is 1.29. The minimum atomic E-state index is -0.255. The lowest BCUT2D eigenvalue weighted by Gasteiger charge is -2.37. The molecule has 0 unspecified atom stereocenters. The zero-order valence-corrected chi connectivity index (χ0v) is 17.5. The van der Waals surface area contributed by atoms with Crippen molar-refractivity contribution >= 4 is 29.1 Å². The summed E-state index contributed by atoms with van der Waals surface area (Å²) in [5.41, 5.74) is 3.80. The third-order valence-corrected chi connectivity index (χ3v) is 7.88. The van der Waals surface area contributed by atoms with E-state index in [0.29, 0.717) is 23.1 Å². The first-order valence-electron chi connectivity index (χ1n) is 11.0. The second kappa shape index (κ2) is 6.39. The van der Waals surface area contributed by atoms with Gasteiger partial charge < -0.3 is 5.32 Å². The summed E-state index contributed by atoms with van der Waals surface area (Å²) in [6, 6.07) is 12.6. The number of anilines is 2. The van der Waals surface area contributed by atoms with Crippen molar-refractivity contribution < 1.29 is 14.4 Å². The maximum absolute atomic E-state index is 13.3. The Labute approximate surface area is 181 Å². The summed E-state index contributed by atoms with van der Waals surface area (Å²) in [6.07, 6.45) is 5.48. The zero-order valence-electron chi connectivity index (χ0n) is 17.5. The van der Waals surface area contributed by atoms with Gasteiger partial charge in [-0.1, -0.05) is 30.4 Å². The van der Waals surface area contributed by atoms with Crippen LogP contribution in [0.15, 0.2) is 54.6 Å². The molecule has 2 saturated carbocycles. The van der Waals surface area contributed by atoms with E-state index in [2.05, 4.69) is 17.5 Å². The van der Waals surface area contributed by atoms with E-state index in [-0.39, 0.29) is 41.4 Å². The summed E-state index contributed by atoms with van der Waals surface area (Å²) < 4.78 is 0. The summed E-state index contributed by atoms with van der Waals surface area (Å²) in [6.45, 7) is 3.97. The van der Waals surface area contributed by atoms with Gasteiger partial charge in [0.15, 0.2) is 0 Å². The van der Waals surface area contributed by atoms with Crippen molar-refractivity contribution in [1.29, 1.82) is 0 Å². The first-order chi connectivity index (χ1) is 15.0. The summed E-state index contributed by atoms with van der Waals surface area (Å²) in [5, 5.41) is 2.96. The van der Waals surface area contributed by atoms with Crippen LogP contribution in [0.4, 0.5) is 11.4 Å². The van der Waals surface area contributed by atoms with Gasteiger partial charge in [-0.25, -0.2) is 4.90 Å². The molecule has 5 aliphatic rings. The number of benzene rings is 2. The first kappa shape index (κ1) is 18.6. The fraction of sp³-hybridized carbons (Fsp3) is 0.346. The van der Waals surface area contributed by atoms with E-state index >= 15 is 0 Å². The van der Waals surface area contributed by atoms with Gasteiger partial charge in [0.2, 0.25) is 11.8 Å². The number of allylic oxidation sites excluding steroid dienone is 2. The molecule has 1 aliphatic heterocycles. The van der Waals surface area contributed by atoms with Crippen molar-refractivity contribution in [3.63, 3.8) is 0 Å². The monoisotopic (exact) mass is 412 g/mol. The minimum absolute atomic E-state index is 0.105. The van der Waals surface area contributed by atoms with E-state index in [1.807, 2.05) is 32.0 Å². The van der Waals surface area contributed by atoms with Crippen LogP contribution in [0, 0.1) is 49.4 Å². The molecule has 7 rings (SSSR count). The van der Waals surface area contributed by atoms with Crippen LogP contribution in [0.25, 0.3) is 0 Å². The molecule has 1 saturated heterocycles. The lowest BCUT2D eigenvalue weighted by atomic mass is 9.63. The standard InChI is InChI=1S/C26H24N2O3/c1-13-5-3-8-21(14(13)2)27-24(29)15-6-4-7-16(11-15)28-25(30)22-17-9-10-18(20-12-19(17)20)23(22)26(28)31/h3-11,17-20,22-23H,12H2,1-2H3,(H,27,29)/t17-,18-,19-,20+,22-,23+/m0/s1. The van der Waals surface area contributed by atoms with Crippen molar-refractivity contribution in [3.05, 3.63) is 71.3 Å². The highest BCUT2D eigenvalue weighted by Gasteiger charge is 2.67. The number of nitrogens with zero attached hydrogens (tertiary/aromatic N) is 1. The molecule has 0 spiro atoms. The number of nitrogens with one attached hydrogen (secondary N) is 1. The van der Waals surface area contributed by atoms with Crippen LogP contribution in [-0.2, 0) is 9.59 Å². The maximum Gasteiger partial charge on any atom is 0.255 e. The molecule has 1 heterocycles. The van der Waals surface area contributed by atoms with E-state index in [1.165, 1.54) is 4.90 Å². The average molecular weight is 412 g/mol. The molecule has 2 bridgehead atoms. The van der Waals surface area contributed by atoms with Gasteiger partial charge in [0.1, 0.15) is 0 Å². The Morgan fingerprint density at radius 3 is 2.26 bits per heavy atom. The predicted octanol–water partition coefficient (Wildman–Crippen LogP) is 4.11. The molecule has 3 amide bonds. The van der Waals surface area contributed by atoms with Gasteiger partial charge in [0.25, 0.3) is 5.91 Å². The number of aryl methyl sites for hydroxylation is 1. The summed E-state index contributed by atoms with van der Waals surface area (Å²) >= 11 is 0. The molecule has 2 aromatic rings. The van der Waals surface area contributed by atoms with Crippen LogP contribution in [0.1, 0.15) is 27.9 Å². The number of carbonyl (C=O) groups excluding carboxylic acids is 3. The Morgan fingerprint density at radius 2 is 1.58 bits per heavy atom. The molecule has 2 aromatic carbocycles. The van der Waals surface area contributed by atoms with E-state index in [1.54, 1.807) is 24.3 Å². The largest absolute Gasteiger partial charge is 0.322 e. The average Bonchev–Trinajstić information content (AvgIpc) is 3.55. The Kier molecular flexibility index (Phi) is 3.83. The molecular formula is C26H24N2O3. The van der Waals surface area contributed by atoms with Crippen LogP contribution in [0.2, 0.25) is 0 Å². The highest BCUT2D eigenvalue weighted by atomic mass is 16.2. The molecule has 156 valence electrons. The molecule has 0 radical (unpaired) electrons. The van der Waals surface area contributed by atoms with Crippen molar-refractivity contribution in [2.45, 2.75) is 20.3 Å². The molecule has 1 N–H and O–H groups in total. The van der Waals surface area contributed by atoms with E-state index in [9.17, 15) is 14.4 Å². The lowest BCUT2D eigenvalue weighted by Crippen LogP contribution is -2.40. The normalized spacial score (nSPS) is 32.1. The van der Waals surface area contributed by atoms with Crippen molar-refractivity contribution in [2.24, 2.45) is 35.5 Å². The third kappa shape index (κ3) is 2.59. The number of hydrogen-bond acceptors (Lipinski definition) is 3. The lowest BCUT2D eigenvalue weighted by molar-refractivity contribution is -0.124. The number of amides is 3. The van der Waals surface area contributed by atoms with Crippen LogP contribution >= 0.6 is 0 Å². The second-order valence-electron chi connectivity index (χ2n) is 9.42. The molecule has 4 aliphatic carbocycles. The predicted molar refractivity (Wildman–Crippen MR) is 118 cm³/mol. The highest BCUT2D eigenvalue weighted by molar-refractivity contribution is 6.23. The fourth-order valence-electron chi connectivity index (χ4n) is 6.08. The fourth-order valence-corrected chi connectivity index (χ4v) is 6.08. The molecule has 3 fully saturated rings. The highest BCUT2D eigenvalue weighted by Crippen LogP contribution is 2.65. The topological polar surface area (TPSA) is 66.5 Å². The Morgan fingerprint density at radius 1 is 0.935 bits per heavy atom. The second-order valence-corrected chi connectivity index (χ2v) is 9.42. The van der Waals surface area contributed by atoms with Gasteiger partial charge in [-0.05, 0) is 79.3 Å². The summed E-state index contributed by atoms with van der Waals surface area (Å²) in [4.78, 5) is 40.9. The number of imide groups is 1. The molecule has 6 atom stereocenters. The summed E-state index contributed by atoms with van der Waals surface area (Å²) in [7, 11) is 0. The van der Waals surface area contributed by atoms with Crippen molar-refractivity contribution in [2.75, 3.05) is 10.2 Å². The number of hydrogen-bond donors (Lipinski definition) is 1. The molecule has 31 heavy (non-hydrogen) atoms. The Hall–Kier alpha value is -3.21. The maximum atomic E-state index is 13.3. The van der Waals surface area contributed by atoms with E-state index in [0.717, 1.165) is 23.2 Å². The molecule has 0 aromatic heterocycles. The number of rotatable bonds is 3. The van der Waals surface area contributed by atoms with Crippen molar-refractivity contribution in [1.82, 2.24) is 0 Å². The minimum Gasteiger partial charge on any atom is -0.322 e.